The molecular formula is C11H15FN2O. The molecule has 0 fully saturated rings. The first kappa shape index (κ1) is 11.5. The third-order valence-electron chi connectivity index (χ3n) is 1.84. The largest absolute Gasteiger partial charge is 0.385 e. The Bertz CT molecular complexity index is 311. The van der Waals surface area contributed by atoms with Crippen molar-refractivity contribution in [3.63, 3.8) is 0 Å². The number of rotatable bonds is 5. The molecule has 0 saturated heterocycles. The number of anilines is 2. The maximum absolute atomic E-state index is 11.8. The highest BCUT2D eigenvalue weighted by molar-refractivity contribution is 5.88. The summed E-state index contributed by atoms with van der Waals surface area (Å²) in [5.41, 5.74) is 1.69. The number of amides is 1. The lowest BCUT2D eigenvalue weighted by Crippen LogP contribution is -2.06. The first-order valence-electron chi connectivity index (χ1n) is 4.90. The third kappa shape index (κ3) is 4.44. The summed E-state index contributed by atoms with van der Waals surface area (Å²) in [6.07, 6.45) is 0.507. The molecule has 0 atom stereocenters. The average Bonchev–Trinajstić information content (AvgIpc) is 2.20. The van der Waals surface area contributed by atoms with E-state index in [2.05, 4.69) is 10.6 Å². The van der Waals surface area contributed by atoms with Gasteiger partial charge in [0.25, 0.3) is 0 Å². The molecule has 3 nitrogen and oxygen atoms in total. The monoisotopic (exact) mass is 210 g/mol. The molecule has 2 N–H and O–H groups in total. The van der Waals surface area contributed by atoms with Crippen LogP contribution in [0.3, 0.4) is 0 Å². The Morgan fingerprint density at radius 2 is 1.87 bits per heavy atom. The summed E-state index contributed by atoms with van der Waals surface area (Å²) in [7, 11) is 0. The van der Waals surface area contributed by atoms with Gasteiger partial charge < -0.3 is 10.6 Å². The van der Waals surface area contributed by atoms with Crippen molar-refractivity contribution in [2.75, 3.05) is 23.9 Å². The first-order chi connectivity index (χ1) is 7.22. The van der Waals surface area contributed by atoms with Gasteiger partial charge in [0.2, 0.25) is 5.91 Å². The van der Waals surface area contributed by atoms with Gasteiger partial charge in [0.15, 0.2) is 0 Å². The summed E-state index contributed by atoms with van der Waals surface area (Å²) < 4.78 is 11.8. The SMILES string of the molecule is CC(=O)Nc1ccc(NCCCF)cc1. The molecule has 0 saturated carbocycles. The normalized spacial score (nSPS) is 9.73. The van der Waals surface area contributed by atoms with Gasteiger partial charge in [-0.1, -0.05) is 0 Å². The number of nitrogens with one attached hydrogen (secondary N) is 2. The van der Waals surface area contributed by atoms with Gasteiger partial charge in [-0.25, -0.2) is 0 Å². The fraction of sp³-hybridized carbons (Fsp3) is 0.364. The number of hydrogen-bond acceptors (Lipinski definition) is 2. The second-order valence-corrected chi connectivity index (χ2v) is 3.23. The number of alkyl halides is 1. The Morgan fingerprint density at radius 3 is 2.40 bits per heavy atom. The van der Waals surface area contributed by atoms with Gasteiger partial charge in [0, 0.05) is 24.8 Å². The van der Waals surface area contributed by atoms with Crippen molar-refractivity contribution in [2.45, 2.75) is 13.3 Å². The fourth-order valence-electron chi connectivity index (χ4n) is 1.17. The first-order valence-corrected chi connectivity index (χ1v) is 4.90. The minimum Gasteiger partial charge on any atom is -0.385 e. The van der Waals surface area contributed by atoms with Crippen molar-refractivity contribution in [2.24, 2.45) is 0 Å². The highest BCUT2D eigenvalue weighted by atomic mass is 19.1. The lowest BCUT2D eigenvalue weighted by atomic mass is 10.2. The molecule has 0 bridgehead atoms. The van der Waals surface area contributed by atoms with Crippen LogP contribution in [-0.4, -0.2) is 19.1 Å². The molecule has 0 spiro atoms. The molecule has 0 aliphatic carbocycles. The Hall–Kier alpha value is -1.58. The number of hydrogen-bond donors (Lipinski definition) is 2. The van der Waals surface area contributed by atoms with Crippen LogP contribution in [-0.2, 0) is 4.79 Å². The van der Waals surface area contributed by atoms with E-state index in [4.69, 9.17) is 0 Å². The quantitative estimate of drug-likeness (QED) is 0.733. The molecule has 4 heteroatoms. The molecule has 0 aromatic heterocycles. The molecule has 0 radical (unpaired) electrons. The molecular weight excluding hydrogens is 195 g/mol. The maximum atomic E-state index is 11.8. The molecule has 1 rings (SSSR count). The zero-order valence-electron chi connectivity index (χ0n) is 8.72. The zero-order valence-corrected chi connectivity index (χ0v) is 8.72. The second-order valence-electron chi connectivity index (χ2n) is 3.23. The van der Waals surface area contributed by atoms with E-state index in [0.717, 1.165) is 11.4 Å². The summed E-state index contributed by atoms with van der Waals surface area (Å²) in [4.78, 5) is 10.7. The summed E-state index contributed by atoms with van der Waals surface area (Å²) in [6, 6.07) is 7.31. The predicted octanol–water partition coefficient (Wildman–Crippen LogP) is 2.42. The van der Waals surface area contributed by atoms with Gasteiger partial charge in [-0.05, 0) is 30.7 Å². The van der Waals surface area contributed by atoms with Crippen molar-refractivity contribution in [3.05, 3.63) is 24.3 Å². The molecule has 15 heavy (non-hydrogen) atoms. The minimum absolute atomic E-state index is 0.0897. The van der Waals surface area contributed by atoms with Crippen molar-refractivity contribution < 1.29 is 9.18 Å². The molecule has 0 unspecified atom stereocenters. The van der Waals surface area contributed by atoms with E-state index in [0.29, 0.717) is 13.0 Å². The van der Waals surface area contributed by atoms with E-state index >= 15 is 0 Å². The highest BCUT2D eigenvalue weighted by Crippen LogP contribution is 2.13. The topological polar surface area (TPSA) is 41.1 Å². The Kier molecular flexibility index (Phi) is 4.60. The third-order valence-corrected chi connectivity index (χ3v) is 1.84. The van der Waals surface area contributed by atoms with E-state index in [9.17, 15) is 9.18 Å². The fourth-order valence-corrected chi connectivity index (χ4v) is 1.17. The predicted molar refractivity (Wildman–Crippen MR) is 59.8 cm³/mol. The molecule has 1 amide bonds. The van der Waals surface area contributed by atoms with Gasteiger partial charge in [0.05, 0.1) is 6.67 Å². The summed E-state index contributed by atoms with van der Waals surface area (Å²) >= 11 is 0. The van der Waals surface area contributed by atoms with E-state index in [1.807, 2.05) is 12.1 Å². The van der Waals surface area contributed by atoms with Crippen LogP contribution in [0.1, 0.15) is 13.3 Å². The molecule has 0 heterocycles. The van der Waals surface area contributed by atoms with Gasteiger partial charge >= 0.3 is 0 Å². The van der Waals surface area contributed by atoms with Crippen LogP contribution < -0.4 is 10.6 Å². The Balaban J connectivity index is 2.45. The Morgan fingerprint density at radius 1 is 1.27 bits per heavy atom. The zero-order chi connectivity index (χ0) is 11.1. The van der Waals surface area contributed by atoms with Crippen LogP contribution in [0.5, 0.6) is 0 Å². The van der Waals surface area contributed by atoms with Crippen LogP contribution in [0.15, 0.2) is 24.3 Å². The average molecular weight is 210 g/mol. The van der Waals surface area contributed by atoms with Crippen LogP contribution in [0.4, 0.5) is 15.8 Å². The van der Waals surface area contributed by atoms with Gasteiger partial charge in [-0.3, -0.25) is 9.18 Å². The lowest BCUT2D eigenvalue weighted by Gasteiger charge is -2.06. The van der Waals surface area contributed by atoms with E-state index < -0.39 is 0 Å². The standard InChI is InChI=1S/C11H15FN2O/c1-9(15)14-11-5-3-10(4-6-11)13-8-2-7-12/h3-6,13H,2,7-8H2,1H3,(H,14,15). The van der Waals surface area contributed by atoms with Gasteiger partial charge in [0.1, 0.15) is 0 Å². The lowest BCUT2D eigenvalue weighted by molar-refractivity contribution is -0.114. The molecule has 1 aromatic carbocycles. The maximum Gasteiger partial charge on any atom is 0.221 e. The molecule has 1 aromatic rings. The van der Waals surface area contributed by atoms with E-state index in [-0.39, 0.29) is 12.6 Å². The summed E-state index contributed by atoms with van der Waals surface area (Å²) in [5.74, 6) is -0.0897. The van der Waals surface area contributed by atoms with Crippen LogP contribution >= 0.6 is 0 Å². The molecule has 82 valence electrons. The van der Waals surface area contributed by atoms with Crippen LogP contribution in [0, 0.1) is 0 Å². The van der Waals surface area contributed by atoms with Crippen molar-refractivity contribution in [1.29, 1.82) is 0 Å². The van der Waals surface area contributed by atoms with Crippen LogP contribution in [0.25, 0.3) is 0 Å². The number of benzene rings is 1. The second kappa shape index (κ2) is 6.01. The summed E-state index contributed by atoms with van der Waals surface area (Å²) in [5, 5.41) is 5.75. The Labute approximate surface area is 88.7 Å². The van der Waals surface area contributed by atoms with Crippen molar-refractivity contribution in [1.82, 2.24) is 0 Å². The van der Waals surface area contributed by atoms with Crippen molar-refractivity contribution in [3.8, 4) is 0 Å². The highest BCUT2D eigenvalue weighted by Gasteiger charge is 1.95. The number of carbonyl (C=O) groups excluding carboxylic acids is 1. The molecule has 0 aliphatic heterocycles. The van der Waals surface area contributed by atoms with Crippen LogP contribution in [0.2, 0.25) is 0 Å². The smallest absolute Gasteiger partial charge is 0.221 e. The van der Waals surface area contributed by atoms with Gasteiger partial charge in [-0.2, -0.15) is 0 Å². The number of halogens is 1. The number of carbonyl (C=O) groups is 1. The van der Waals surface area contributed by atoms with E-state index in [1.165, 1.54) is 6.92 Å². The van der Waals surface area contributed by atoms with Crippen molar-refractivity contribution >= 4 is 17.3 Å². The summed E-state index contributed by atoms with van der Waals surface area (Å²) in [6.45, 7) is 1.78. The minimum atomic E-state index is -0.309. The van der Waals surface area contributed by atoms with E-state index in [1.54, 1.807) is 12.1 Å². The van der Waals surface area contributed by atoms with Gasteiger partial charge in [-0.15, -0.1) is 0 Å². The molecule has 0 aliphatic rings.